The maximum absolute atomic E-state index is 13.9. The van der Waals surface area contributed by atoms with E-state index in [0.29, 0.717) is 22.2 Å². The number of para-hydroxylation sites is 1. The first kappa shape index (κ1) is 44.6. The maximum atomic E-state index is 13.9. The molecule has 1 aliphatic rings. The van der Waals surface area contributed by atoms with Crippen molar-refractivity contribution in [3.63, 3.8) is 0 Å². The summed E-state index contributed by atoms with van der Waals surface area (Å²) in [6, 6.07) is 45.1. The summed E-state index contributed by atoms with van der Waals surface area (Å²) >= 11 is 0. The number of phenolic OH excluding ortho intramolecular Hbond substituents is 1. The minimum atomic E-state index is -0.375. The number of hydrogen-bond donors (Lipinski definition) is 1. The van der Waals surface area contributed by atoms with Crippen LogP contribution in [-0.2, 0) is 13.1 Å². The van der Waals surface area contributed by atoms with Gasteiger partial charge in [0.1, 0.15) is 5.75 Å². The van der Waals surface area contributed by atoms with E-state index in [9.17, 15) is 14.7 Å². The average Bonchev–Trinajstić information content (AvgIpc) is 3.85. The third-order valence-corrected chi connectivity index (χ3v) is 14.2. The van der Waals surface area contributed by atoms with Crippen molar-refractivity contribution in [2.24, 2.45) is 0 Å². The van der Waals surface area contributed by atoms with Crippen LogP contribution in [0.4, 0.5) is 5.69 Å². The first-order valence-corrected chi connectivity index (χ1v) is 25.1. The topological polar surface area (TPSA) is 67.5 Å². The van der Waals surface area contributed by atoms with Crippen LogP contribution in [0.15, 0.2) is 133 Å². The Labute approximate surface area is 399 Å². The highest BCUT2D eigenvalue weighted by Gasteiger charge is 2.34. The van der Waals surface area contributed by atoms with E-state index in [1.807, 2.05) is 24.3 Å². The SMILES string of the molecule is CCCCCCCCn1c2ccccc2c2cc(/C=C/c3ccc4c(c3)c3cc(/C=C/c5ccc6c7c(cccc57)C(=O)N(c5ccc(O)cc5)C6=O)ccc3n4CCCCCCCC)ccc21. The molecule has 0 saturated heterocycles. The molecule has 0 radical (unpaired) electrons. The van der Waals surface area contributed by atoms with Crippen LogP contribution in [0.5, 0.6) is 5.75 Å². The number of imide groups is 1. The van der Waals surface area contributed by atoms with Gasteiger partial charge in [-0.15, -0.1) is 0 Å². The van der Waals surface area contributed by atoms with E-state index >= 15 is 0 Å². The van der Waals surface area contributed by atoms with Gasteiger partial charge in [-0.05, 0) is 119 Å². The normalized spacial score (nSPS) is 13.1. The first-order valence-electron chi connectivity index (χ1n) is 25.1. The predicted molar refractivity (Wildman–Crippen MR) is 287 cm³/mol. The Morgan fingerprint density at radius 3 is 1.47 bits per heavy atom. The highest BCUT2D eigenvalue weighted by molar-refractivity contribution is 6.36. The average molecular weight is 896 g/mol. The zero-order valence-corrected chi connectivity index (χ0v) is 39.5. The Morgan fingerprint density at radius 2 is 0.897 bits per heavy atom. The smallest absolute Gasteiger partial charge is 0.265 e. The number of benzene rings is 7. The van der Waals surface area contributed by atoms with E-state index in [1.165, 1.54) is 142 Å². The molecule has 7 aromatic carbocycles. The Balaban J connectivity index is 0.958. The molecule has 342 valence electrons. The molecule has 6 heteroatoms. The number of hydrogen-bond acceptors (Lipinski definition) is 3. The van der Waals surface area contributed by atoms with E-state index in [-0.39, 0.29) is 17.6 Å². The second kappa shape index (κ2) is 20.0. The number of unbranched alkanes of at least 4 members (excludes halogenated alkanes) is 10. The Bertz CT molecular complexity index is 3360. The maximum Gasteiger partial charge on any atom is 0.265 e. The summed E-state index contributed by atoms with van der Waals surface area (Å²) in [5, 5.41) is 16.5. The highest BCUT2D eigenvalue weighted by Crippen LogP contribution is 2.37. The van der Waals surface area contributed by atoms with Crippen molar-refractivity contribution in [2.75, 3.05) is 4.90 Å². The summed E-state index contributed by atoms with van der Waals surface area (Å²) in [7, 11) is 0. The Hall–Kier alpha value is -7.18. The second-order valence-electron chi connectivity index (χ2n) is 18.7. The van der Waals surface area contributed by atoms with Gasteiger partial charge < -0.3 is 14.2 Å². The number of carbonyl (C=O) groups excluding carboxylic acids is 2. The highest BCUT2D eigenvalue weighted by atomic mass is 16.3. The molecule has 2 aromatic heterocycles. The fourth-order valence-corrected chi connectivity index (χ4v) is 10.6. The molecule has 3 heterocycles. The zero-order chi connectivity index (χ0) is 46.6. The van der Waals surface area contributed by atoms with Crippen molar-refractivity contribution >= 4 is 96.2 Å². The number of nitrogens with zero attached hydrogens (tertiary/aromatic N) is 3. The number of anilines is 1. The Kier molecular flexibility index (Phi) is 13.1. The minimum Gasteiger partial charge on any atom is -0.508 e. The van der Waals surface area contributed by atoms with Gasteiger partial charge in [-0.2, -0.15) is 0 Å². The van der Waals surface area contributed by atoms with Gasteiger partial charge in [0.25, 0.3) is 11.8 Å². The molecule has 0 fully saturated rings. The van der Waals surface area contributed by atoms with E-state index < -0.39 is 0 Å². The molecular weight excluding hydrogens is 835 g/mol. The quantitative estimate of drug-likeness (QED) is 0.0499. The molecule has 0 bridgehead atoms. The van der Waals surface area contributed by atoms with Crippen LogP contribution < -0.4 is 4.90 Å². The van der Waals surface area contributed by atoms with Crippen molar-refractivity contribution in [1.82, 2.24) is 9.13 Å². The van der Waals surface area contributed by atoms with E-state index in [2.05, 4.69) is 126 Å². The van der Waals surface area contributed by atoms with Crippen LogP contribution in [0.2, 0.25) is 0 Å². The van der Waals surface area contributed by atoms with E-state index in [0.717, 1.165) is 36.0 Å². The zero-order valence-electron chi connectivity index (χ0n) is 39.5. The van der Waals surface area contributed by atoms with Crippen molar-refractivity contribution in [3.8, 4) is 5.75 Å². The number of aromatic nitrogens is 2. The summed E-state index contributed by atoms with van der Waals surface area (Å²) in [5.41, 5.74) is 10.9. The molecule has 10 rings (SSSR count). The number of rotatable bonds is 19. The summed E-state index contributed by atoms with van der Waals surface area (Å²) in [5.74, 6) is -0.677. The monoisotopic (exact) mass is 895 g/mol. The van der Waals surface area contributed by atoms with Crippen LogP contribution in [0, 0.1) is 0 Å². The predicted octanol–water partition coefficient (Wildman–Crippen LogP) is 16.6. The molecule has 0 spiro atoms. The standard InChI is InChI=1S/C62H61N3O3/c1-3-5-7-9-11-15-38-63-56-21-14-13-18-50(56)53-40-43(25-35-57(53)63)22-23-44-26-36-58-54(41-44)55-42-45(27-37-59(55)64(58)39-16-12-10-8-6-4-2)24-28-46-29-34-52-60-49(46)19-17-20-51(60)61(67)65(62(52)68)47-30-32-48(66)33-31-47/h13-14,17-37,40-42,66H,3-12,15-16,38-39H2,1-2H3/b23-22+,28-24+. The van der Waals surface area contributed by atoms with Crippen LogP contribution in [-0.4, -0.2) is 26.1 Å². The third kappa shape index (κ3) is 8.76. The lowest BCUT2D eigenvalue weighted by atomic mass is 9.90. The number of carbonyl (C=O) groups is 2. The van der Waals surface area contributed by atoms with Gasteiger partial charge in [0.2, 0.25) is 0 Å². The summed E-state index contributed by atoms with van der Waals surface area (Å²) in [6.07, 6.45) is 24.0. The van der Waals surface area contributed by atoms with Crippen LogP contribution >= 0.6 is 0 Å². The molecular formula is C62H61N3O3. The fourth-order valence-electron chi connectivity index (χ4n) is 10.6. The summed E-state index contributed by atoms with van der Waals surface area (Å²) in [6.45, 7) is 6.58. The lowest BCUT2D eigenvalue weighted by molar-refractivity contribution is 0.0893. The molecule has 0 atom stereocenters. The van der Waals surface area contributed by atoms with Crippen molar-refractivity contribution in [2.45, 2.75) is 104 Å². The summed E-state index contributed by atoms with van der Waals surface area (Å²) in [4.78, 5) is 28.9. The minimum absolute atomic E-state index is 0.0724. The third-order valence-electron chi connectivity index (χ3n) is 14.2. The molecule has 68 heavy (non-hydrogen) atoms. The molecule has 6 nitrogen and oxygen atoms in total. The first-order chi connectivity index (χ1) is 33.4. The lowest BCUT2D eigenvalue weighted by Crippen LogP contribution is -2.40. The molecule has 0 saturated carbocycles. The number of amides is 2. The number of aromatic hydroxyl groups is 1. The van der Waals surface area contributed by atoms with Crippen molar-refractivity contribution in [3.05, 3.63) is 167 Å². The van der Waals surface area contributed by atoms with Gasteiger partial charge in [0, 0.05) is 73.2 Å². The van der Waals surface area contributed by atoms with Gasteiger partial charge in [-0.1, -0.05) is 157 Å². The molecule has 9 aromatic rings. The van der Waals surface area contributed by atoms with Crippen LogP contribution in [0.25, 0.3) is 78.7 Å². The molecule has 1 aliphatic heterocycles. The molecule has 1 N–H and O–H groups in total. The number of fused-ring (bicyclic) bond motifs is 6. The van der Waals surface area contributed by atoms with Gasteiger partial charge in [-0.3, -0.25) is 9.59 Å². The van der Waals surface area contributed by atoms with Gasteiger partial charge >= 0.3 is 0 Å². The molecule has 2 amide bonds. The van der Waals surface area contributed by atoms with E-state index in [4.69, 9.17) is 0 Å². The van der Waals surface area contributed by atoms with E-state index in [1.54, 1.807) is 18.2 Å². The molecule has 0 unspecified atom stereocenters. The lowest BCUT2D eigenvalue weighted by Gasteiger charge is -2.27. The molecule has 0 aliphatic carbocycles. The summed E-state index contributed by atoms with van der Waals surface area (Å²) < 4.78 is 5.05. The largest absolute Gasteiger partial charge is 0.508 e. The van der Waals surface area contributed by atoms with Gasteiger partial charge in [0.05, 0.1) is 5.69 Å². The fraction of sp³-hybridized carbons (Fsp3) is 0.258. The number of phenols is 1. The van der Waals surface area contributed by atoms with Gasteiger partial charge in [0.15, 0.2) is 0 Å². The van der Waals surface area contributed by atoms with Crippen LogP contribution in [0.1, 0.15) is 134 Å². The number of aryl methyl sites for hydroxylation is 2. The Morgan fingerprint density at radius 1 is 0.426 bits per heavy atom. The van der Waals surface area contributed by atoms with Crippen LogP contribution in [0.3, 0.4) is 0 Å². The second-order valence-corrected chi connectivity index (χ2v) is 18.7. The van der Waals surface area contributed by atoms with Crippen molar-refractivity contribution in [1.29, 1.82) is 0 Å². The van der Waals surface area contributed by atoms with Gasteiger partial charge in [-0.25, -0.2) is 4.90 Å². The van der Waals surface area contributed by atoms with Crippen molar-refractivity contribution < 1.29 is 14.7 Å².